The van der Waals surface area contributed by atoms with Crippen molar-refractivity contribution in [2.75, 3.05) is 26.7 Å². The van der Waals surface area contributed by atoms with Gasteiger partial charge in [-0.25, -0.2) is 0 Å². The number of guanidine groups is 1. The Labute approximate surface area is 176 Å². The fourth-order valence-electron chi connectivity index (χ4n) is 2.87. The molecule has 6 nitrogen and oxygen atoms in total. The van der Waals surface area contributed by atoms with Crippen LogP contribution in [0.25, 0.3) is 0 Å². The van der Waals surface area contributed by atoms with Gasteiger partial charge in [0, 0.05) is 37.0 Å². The molecule has 1 aromatic carbocycles. The van der Waals surface area contributed by atoms with E-state index in [1.807, 2.05) is 24.3 Å². The molecule has 1 atom stereocenters. The zero-order valence-corrected chi connectivity index (χ0v) is 17.9. The summed E-state index contributed by atoms with van der Waals surface area (Å²) in [4.78, 5) is 17.3. The summed E-state index contributed by atoms with van der Waals surface area (Å²) in [6.45, 7) is 3.92. The number of aliphatic imine (C=N–C) groups is 1. The number of hydrogen-bond acceptors (Lipinski definition) is 4. The van der Waals surface area contributed by atoms with Gasteiger partial charge in [-0.3, -0.25) is 9.79 Å². The average Bonchev–Trinajstić information content (AvgIpc) is 3.37. The third-order valence-electron chi connectivity index (χ3n) is 4.77. The predicted octanol–water partition coefficient (Wildman–Crippen LogP) is 2.92. The summed E-state index contributed by atoms with van der Waals surface area (Å²) in [5.41, 5.74) is 1.20. The maximum Gasteiger partial charge on any atom is 0.258 e. The van der Waals surface area contributed by atoms with E-state index in [0.717, 1.165) is 38.3 Å². The van der Waals surface area contributed by atoms with Crippen molar-refractivity contribution >= 4 is 23.2 Å². The topological polar surface area (TPSA) is 74.8 Å². The number of rotatable bonds is 10. The molecule has 1 amide bonds. The van der Waals surface area contributed by atoms with Crippen LogP contribution in [0.5, 0.6) is 5.75 Å². The van der Waals surface area contributed by atoms with Gasteiger partial charge in [-0.2, -0.15) is 0 Å². The van der Waals surface area contributed by atoms with Gasteiger partial charge in [-0.05, 0) is 48.4 Å². The third-order valence-corrected chi connectivity index (χ3v) is 5.87. The van der Waals surface area contributed by atoms with Crippen molar-refractivity contribution in [3.05, 3.63) is 52.2 Å². The van der Waals surface area contributed by atoms with E-state index in [-0.39, 0.29) is 12.5 Å². The lowest BCUT2D eigenvalue weighted by atomic mass is 10.1. The van der Waals surface area contributed by atoms with Crippen LogP contribution in [0.2, 0.25) is 0 Å². The number of benzene rings is 1. The summed E-state index contributed by atoms with van der Waals surface area (Å²) in [6.07, 6.45) is 3.05. The highest BCUT2D eigenvalue weighted by Gasteiger charge is 2.23. The van der Waals surface area contributed by atoms with Gasteiger partial charge in [-0.15, -0.1) is 11.3 Å². The Bertz CT molecular complexity index is 786. The lowest BCUT2D eigenvalue weighted by Crippen LogP contribution is -2.39. The van der Waals surface area contributed by atoms with Crippen LogP contribution in [-0.4, -0.2) is 44.7 Å². The molecule has 3 N–H and O–H groups in total. The second kappa shape index (κ2) is 10.9. The van der Waals surface area contributed by atoms with Gasteiger partial charge >= 0.3 is 0 Å². The van der Waals surface area contributed by atoms with Gasteiger partial charge in [0.05, 0.1) is 0 Å². The molecule has 0 bridgehead atoms. The number of carbonyl (C=O) groups is 1. The number of carbonyl (C=O) groups excluding carboxylic acids is 1. The van der Waals surface area contributed by atoms with E-state index < -0.39 is 0 Å². The maximum absolute atomic E-state index is 11.7. The molecule has 1 fully saturated rings. The van der Waals surface area contributed by atoms with Gasteiger partial charge in [0.15, 0.2) is 12.6 Å². The van der Waals surface area contributed by atoms with Crippen molar-refractivity contribution in [3.8, 4) is 5.75 Å². The van der Waals surface area contributed by atoms with Crippen LogP contribution < -0.4 is 20.7 Å². The fraction of sp³-hybridized carbons (Fsp3) is 0.455. The SMILES string of the molecule is CN=C(NCCc1ccc(OCC(=O)NC2CC2)cc1)NCC(C)c1cccs1. The van der Waals surface area contributed by atoms with Crippen LogP contribution in [0.4, 0.5) is 0 Å². The molecule has 0 aliphatic heterocycles. The Morgan fingerprint density at radius 1 is 1.24 bits per heavy atom. The van der Waals surface area contributed by atoms with Crippen molar-refractivity contribution in [2.24, 2.45) is 4.99 Å². The standard InChI is InChI=1S/C22H30N4O2S/c1-16(20-4-3-13-29-20)14-25-22(23-2)24-12-11-17-5-9-19(10-6-17)28-15-21(27)26-18-7-8-18/h3-6,9-10,13,16,18H,7-8,11-12,14-15H2,1-2H3,(H,26,27)(H2,23,24,25). The molecule has 1 heterocycles. The smallest absolute Gasteiger partial charge is 0.258 e. The van der Waals surface area contributed by atoms with Crippen LogP contribution in [0.15, 0.2) is 46.8 Å². The Morgan fingerprint density at radius 2 is 2.03 bits per heavy atom. The van der Waals surface area contributed by atoms with Gasteiger partial charge in [0.1, 0.15) is 5.75 Å². The first-order valence-electron chi connectivity index (χ1n) is 10.1. The molecule has 1 unspecified atom stereocenters. The van der Waals surface area contributed by atoms with Gasteiger partial charge in [-0.1, -0.05) is 25.1 Å². The minimum Gasteiger partial charge on any atom is -0.484 e. The van der Waals surface area contributed by atoms with E-state index in [1.54, 1.807) is 18.4 Å². The van der Waals surface area contributed by atoms with Crippen molar-refractivity contribution in [3.63, 3.8) is 0 Å². The minimum atomic E-state index is -0.0481. The first kappa shape index (κ1) is 21.2. The maximum atomic E-state index is 11.7. The molecule has 156 valence electrons. The largest absolute Gasteiger partial charge is 0.484 e. The first-order valence-corrected chi connectivity index (χ1v) is 11.0. The molecule has 29 heavy (non-hydrogen) atoms. The van der Waals surface area contributed by atoms with E-state index in [0.29, 0.717) is 17.7 Å². The summed E-state index contributed by atoms with van der Waals surface area (Å²) < 4.78 is 5.54. The highest BCUT2D eigenvalue weighted by molar-refractivity contribution is 7.10. The molecular formula is C22H30N4O2S. The minimum absolute atomic E-state index is 0.0481. The number of thiophene rings is 1. The Morgan fingerprint density at radius 3 is 2.69 bits per heavy atom. The number of nitrogens with one attached hydrogen (secondary N) is 3. The molecule has 1 aliphatic rings. The molecule has 0 spiro atoms. The lowest BCUT2D eigenvalue weighted by molar-refractivity contribution is -0.123. The van der Waals surface area contributed by atoms with Crippen molar-refractivity contribution in [2.45, 2.75) is 38.1 Å². The van der Waals surface area contributed by atoms with Crippen molar-refractivity contribution in [1.82, 2.24) is 16.0 Å². The molecule has 1 saturated carbocycles. The zero-order valence-electron chi connectivity index (χ0n) is 17.1. The summed E-state index contributed by atoms with van der Waals surface area (Å²) >= 11 is 1.78. The summed E-state index contributed by atoms with van der Waals surface area (Å²) in [5.74, 6) is 1.93. The van der Waals surface area contributed by atoms with Crippen molar-refractivity contribution in [1.29, 1.82) is 0 Å². The van der Waals surface area contributed by atoms with E-state index in [9.17, 15) is 4.79 Å². The van der Waals surface area contributed by atoms with E-state index in [4.69, 9.17) is 4.74 Å². The molecular weight excluding hydrogens is 384 g/mol. The highest BCUT2D eigenvalue weighted by atomic mass is 32.1. The second-order valence-electron chi connectivity index (χ2n) is 7.32. The molecule has 1 aliphatic carbocycles. The Balaban J connectivity index is 1.33. The molecule has 2 aromatic rings. The van der Waals surface area contributed by atoms with Gasteiger partial charge in [0.25, 0.3) is 5.91 Å². The van der Waals surface area contributed by atoms with Crippen molar-refractivity contribution < 1.29 is 9.53 Å². The average molecular weight is 415 g/mol. The van der Waals surface area contributed by atoms with E-state index in [1.165, 1.54) is 10.4 Å². The lowest BCUT2D eigenvalue weighted by Gasteiger charge is -2.15. The number of hydrogen-bond donors (Lipinski definition) is 3. The normalized spacial score (nSPS) is 14.9. The van der Waals surface area contributed by atoms with Crippen LogP contribution in [-0.2, 0) is 11.2 Å². The fourth-order valence-corrected chi connectivity index (χ4v) is 3.65. The number of nitrogens with zero attached hydrogens (tertiary/aromatic N) is 1. The summed E-state index contributed by atoms with van der Waals surface area (Å²) in [7, 11) is 1.79. The Kier molecular flexibility index (Phi) is 7.93. The first-order chi connectivity index (χ1) is 14.1. The van der Waals surface area contributed by atoms with E-state index >= 15 is 0 Å². The summed E-state index contributed by atoms with van der Waals surface area (Å²) in [5, 5.41) is 11.8. The van der Waals surface area contributed by atoms with Crippen LogP contribution >= 0.6 is 11.3 Å². The summed E-state index contributed by atoms with van der Waals surface area (Å²) in [6, 6.07) is 12.5. The van der Waals surface area contributed by atoms with Crippen LogP contribution in [0, 0.1) is 0 Å². The second-order valence-corrected chi connectivity index (χ2v) is 8.30. The molecule has 3 rings (SSSR count). The zero-order chi connectivity index (χ0) is 20.5. The number of amides is 1. The third kappa shape index (κ3) is 7.42. The van der Waals surface area contributed by atoms with Crippen LogP contribution in [0.3, 0.4) is 0 Å². The van der Waals surface area contributed by atoms with E-state index in [2.05, 4.69) is 45.4 Å². The van der Waals surface area contributed by atoms with Gasteiger partial charge in [0.2, 0.25) is 0 Å². The molecule has 0 saturated heterocycles. The quantitative estimate of drug-likeness (QED) is 0.413. The highest BCUT2D eigenvalue weighted by Crippen LogP contribution is 2.20. The van der Waals surface area contributed by atoms with Crippen LogP contribution in [0.1, 0.15) is 36.1 Å². The van der Waals surface area contributed by atoms with Gasteiger partial charge < -0.3 is 20.7 Å². The Hall–Kier alpha value is -2.54. The monoisotopic (exact) mass is 414 g/mol. The molecule has 0 radical (unpaired) electrons. The predicted molar refractivity (Wildman–Crippen MR) is 119 cm³/mol. The molecule has 7 heteroatoms. The number of ether oxygens (including phenoxy) is 1. The molecule has 1 aromatic heterocycles.